The highest BCUT2D eigenvalue weighted by Gasteiger charge is 2.49. The Bertz CT molecular complexity index is 277. The Hall–Kier alpha value is -0.900. The average Bonchev–Trinajstić information content (AvgIpc) is 2.76. The number of Topliss-reactive ketones (excluding diaryl/α,β-unsaturated/α-hetero) is 1. The summed E-state index contributed by atoms with van der Waals surface area (Å²) in [5.41, 5.74) is -0.282. The first-order valence-corrected chi connectivity index (χ1v) is 5.22. The minimum Gasteiger partial charge on any atom is -0.356 e. The molecule has 78 valence electrons. The van der Waals surface area contributed by atoms with Gasteiger partial charge in [-0.05, 0) is 12.8 Å². The molecule has 2 heterocycles. The van der Waals surface area contributed by atoms with Crippen molar-refractivity contribution in [3.63, 3.8) is 0 Å². The van der Waals surface area contributed by atoms with Crippen LogP contribution in [0.4, 0.5) is 0 Å². The summed E-state index contributed by atoms with van der Waals surface area (Å²) in [5, 5.41) is 6.00. The average molecular weight is 196 g/mol. The van der Waals surface area contributed by atoms with Crippen LogP contribution in [-0.2, 0) is 9.59 Å². The highest BCUT2D eigenvalue weighted by atomic mass is 16.2. The molecule has 2 aliphatic heterocycles. The van der Waals surface area contributed by atoms with Crippen LogP contribution in [0.5, 0.6) is 0 Å². The maximum absolute atomic E-state index is 11.6. The molecule has 1 amide bonds. The second-order valence-corrected chi connectivity index (χ2v) is 4.24. The van der Waals surface area contributed by atoms with E-state index < -0.39 is 0 Å². The van der Waals surface area contributed by atoms with Gasteiger partial charge in [-0.25, -0.2) is 0 Å². The molecule has 0 aliphatic carbocycles. The fourth-order valence-corrected chi connectivity index (χ4v) is 2.41. The normalized spacial score (nSPS) is 36.4. The molecule has 14 heavy (non-hydrogen) atoms. The quantitative estimate of drug-likeness (QED) is 0.645. The Morgan fingerprint density at radius 2 is 2.43 bits per heavy atom. The summed E-state index contributed by atoms with van der Waals surface area (Å²) >= 11 is 0. The van der Waals surface area contributed by atoms with Gasteiger partial charge in [0.2, 0.25) is 5.91 Å². The number of carbonyl (C=O) groups is 2. The minimum absolute atomic E-state index is 0.0937. The van der Waals surface area contributed by atoms with Crippen molar-refractivity contribution in [2.45, 2.75) is 32.2 Å². The van der Waals surface area contributed by atoms with E-state index in [9.17, 15) is 9.59 Å². The lowest BCUT2D eigenvalue weighted by molar-refractivity contribution is -0.127. The van der Waals surface area contributed by atoms with Crippen molar-refractivity contribution >= 4 is 11.7 Å². The number of hydrogen-bond donors (Lipinski definition) is 2. The fourth-order valence-electron chi connectivity index (χ4n) is 2.41. The minimum atomic E-state index is -0.282. The van der Waals surface area contributed by atoms with Gasteiger partial charge in [-0.3, -0.25) is 9.59 Å². The van der Waals surface area contributed by atoms with Gasteiger partial charge in [-0.15, -0.1) is 0 Å². The summed E-state index contributed by atoms with van der Waals surface area (Å²) in [5.74, 6) is 0.345. The van der Waals surface area contributed by atoms with E-state index in [0.717, 1.165) is 13.0 Å². The van der Waals surface area contributed by atoms with Crippen molar-refractivity contribution in [3.05, 3.63) is 0 Å². The van der Waals surface area contributed by atoms with E-state index in [1.165, 1.54) is 0 Å². The van der Waals surface area contributed by atoms with E-state index in [-0.39, 0.29) is 23.1 Å². The van der Waals surface area contributed by atoms with Crippen LogP contribution in [0.15, 0.2) is 0 Å². The summed E-state index contributed by atoms with van der Waals surface area (Å²) in [6.45, 7) is 3.28. The zero-order chi connectivity index (χ0) is 10.2. The Morgan fingerprint density at radius 1 is 1.64 bits per heavy atom. The molecule has 2 atom stereocenters. The van der Waals surface area contributed by atoms with Gasteiger partial charge < -0.3 is 10.6 Å². The van der Waals surface area contributed by atoms with Crippen molar-refractivity contribution in [3.8, 4) is 0 Å². The van der Waals surface area contributed by atoms with Gasteiger partial charge in [0.25, 0.3) is 0 Å². The monoisotopic (exact) mass is 196 g/mol. The lowest BCUT2D eigenvalue weighted by atomic mass is 9.83. The van der Waals surface area contributed by atoms with Crippen LogP contribution >= 0.6 is 0 Å². The van der Waals surface area contributed by atoms with Crippen LogP contribution in [0, 0.1) is 5.41 Å². The number of rotatable bonds is 2. The van der Waals surface area contributed by atoms with E-state index in [1.54, 1.807) is 0 Å². The van der Waals surface area contributed by atoms with Gasteiger partial charge in [0.1, 0.15) is 5.78 Å². The molecule has 2 unspecified atom stereocenters. The summed E-state index contributed by atoms with van der Waals surface area (Å²) in [6.07, 6.45) is 2.10. The standard InChI is InChI=1S/C10H16N2O2/c1-2-8(13)7-5-10(6-12-7)3-4-11-9(10)14/h7,12H,2-6H2,1H3,(H,11,14). The third-order valence-corrected chi connectivity index (χ3v) is 3.39. The van der Waals surface area contributed by atoms with Gasteiger partial charge in [0.05, 0.1) is 11.5 Å². The maximum atomic E-state index is 11.6. The zero-order valence-corrected chi connectivity index (χ0v) is 8.43. The van der Waals surface area contributed by atoms with E-state index in [4.69, 9.17) is 0 Å². The number of hydrogen-bond acceptors (Lipinski definition) is 3. The molecule has 0 aromatic heterocycles. The topological polar surface area (TPSA) is 58.2 Å². The Balaban J connectivity index is 2.06. The number of amides is 1. The third kappa shape index (κ3) is 1.34. The number of carbonyl (C=O) groups excluding carboxylic acids is 2. The zero-order valence-electron chi connectivity index (χ0n) is 8.43. The highest BCUT2D eigenvalue weighted by Crippen LogP contribution is 2.36. The molecular formula is C10H16N2O2. The molecule has 4 heteroatoms. The molecule has 0 saturated carbocycles. The van der Waals surface area contributed by atoms with E-state index >= 15 is 0 Å². The predicted octanol–water partition coefficient (Wildman–Crippen LogP) is -0.166. The molecule has 2 N–H and O–H groups in total. The van der Waals surface area contributed by atoms with Crippen LogP contribution in [0.2, 0.25) is 0 Å². The summed E-state index contributed by atoms with van der Waals surface area (Å²) in [7, 11) is 0. The molecule has 2 rings (SSSR count). The molecule has 0 radical (unpaired) electrons. The van der Waals surface area contributed by atoms with Gasteiger partial charge in [0, 0.05) is 19.5 Å². The molecule has 1 spiro atoms. The van der Waals surface area contributed by atoms with Gasteiger partial charge in [-0.2, -0.15) is 0 Å². The molecule has 4 nitrogen and oxygen atoms in total. The van der Waals surface area contributed by atoms with Crippen LogP contribution in [0.3, 0.4) is 0 Å². The number of nitrogens with one attached hydrogen (secondary N) is 2. The number of ketones is 1. The first-order valence-electron chi connectivity index (χ1n) is 5.22. The van der Waals surface area contributed by atoms with Gasteiger partial charge in [-0.1, -0.05) is 6.92 Å². The SMILES string of the molecule is CCC(=O)C1CC2(CCNC2=O)CN1. The molecule has 2 saturated heterocycles. The molecule has 0 aromatic rings. The largest absolute Gasteiger partial charge is 0.356 e. The first-order chi connectivity index (χ1) is 6.68. The van der Waals surface area contributed by atoms with Crippen molar-refractivity contribution < 1.29 is 9.59 Å². The summed E-state index contributed by atoms with van der Waals surface area (Å²) < 4.78 is 0. The van der Waals surface area contributed by atoms with Gasteiger partial charge >= 0.3 is 0 Å². The van der Waals surface area contributed by atoms with E-state index in [1.807, 2.05) is 6.92 Å². The van der Waals surface area contributed by atoms with Gasteiger partial charge in [0.15, 0.2) is 0 Å². The van der Waals surface area contributed by atoms with Crippen LogP contribution in [0.1, 0.15) is 26.2 Å². The maximum Gasteiger partial charge on any atom is 0.227 e. The van der Waals surface area contributed by atoms with E-state index in [0.29, 0.717) is 19.4 Å². The molecule has 2 fully saturated rings. The first kappa shape index (κ1) is 9.65. The summed E-state index contributed by atoms with van der Waals surface area (Å²) in [6, 6.07) is -0.0937. The van der Waals surface area contributed by atoms with E-state index in [2.05, 4.69) is 10.6 Å². The predicted molar refractivity (Wildman–Crippen MR) is 51.8 cm³/mol. The fraction of sp³-hybridized carbons (Fsp3) is 0.800. The molecule has 2 aliphatic rings. The second kappa shape index (κ2) is 3.35. The molecule has 0 aromatic carbocycles. The lowest BCUT2D eigenvalue weighted by Gasteiger charge is -2.17. The van der Waals surface area contributed by atoms with Crippen LogP contribution in [0.25, 0.3) is 0 Å². The second-order valence-electron chi connectivity index (χ2n) is 4.24. The Labute approximate surface area is 83.4 Å². The summed E-state index contributed by atoms with van der Waals surface area (Å²) in [4.78, 5) is 23.1. The van der Waals surface area contributed by atoms with Crippen molar-refractivity contribution in [2.75, 3.05) is 13.1 Å². The third-order valence-electron chi connectivity index (χ3n) is 3.39. The van der Waals surface area contributed by atoms with Crippen molar-refractivity contribution in [1.29, 1.82) is 0 Å². The Morgan fingerprint density at radius 3 is 3.00 bits per heavy atom. The van der Waals surface area contributed by atoms with Crippen LogP contribution in [-0.4, -0.2) is 30.8 Å². The van der Waals surface area contributed by atoms with Crippen molar-refractivity contribution in [1.82, 2.24) is 10.6 Å². The lowest BCUT2D eigenvalue weighted by Crippen LogP contribution is -2.32. The van der Waals surface area contributed by atoms with Crippen LogP contribution < -0.4 is 10.6 Å². The smallest absolute Gasteiger partial charge is 0.227 e. The molecule has 0 bridgehead atoms. The Kier molecular flexibility index (Phi) is 2.31. The highest BCUT2D eigenvalue weighted by molar-refractivity contribution is 5.89. The van der Waals surface area contributed by atoms with Crippen molar-refractivity contribution in [2.24, 2.45) is 5.41 Å². The molecular weight excluding hydrogens is 180 g/mol.